The van der Waals surface area contributed by atoms with Crippen LogP contribution >= 0.6 is 0 Å². The number of fused-ring (bicyclic) bond motifs is 2. The number of hydrogen-bond donors (Lipinski definition) is 0. The summed E-state index contributed by atoms with van der Waals surface area (Å²) in [4.78, 5) is 0. The molecular formula is C42H46F6O2SiZr. The zero-order valence-corrected chi connectivity index (χ0v) is 34.7. The molecule has 0 aliphatic heterocycles. The molecule has 0 radical (unpaired) electrons. The van der Waals surface area contributed by atoms with Crippen LogP contribution < -0.4 is 5.63 Å². The van der Waals surface area contributed by atoms with Crippen LogP contribution in [0, 0.1) is 0 Å². The molecule has 10 heteroatoms. The molecule has 276 valence electrons. The number of halogens is 6. The Balaban J connectivity index is 1.75. The number of alkyl halides is 6. The summed E-state index contributed by atoms with van der Waals surface area (Å²) in [6, 6.07) is 22.0. The molecule has 2 atom stereocenters. The molecule has 0 amide bonds. The fourth-order valence-corrected chi connectivity index (χ4v) is 43.1. The van der Waals surface area contributed by atoms with Crippen LogP contribution in [0.15, 0.2) is 96.1 Å². The van der Waals surface area contributed by atoms with Gasteiger partial charge in [-0.05, 0) is 0 Å². The van der Waals surface area contributed by atoms with Gasteiger partial charge in [0.25, 0.3) is 0 Å². The van der Waals surface area contributed by atoms with E-state index < -0.39 is 46.0 Å². The molecule has 2 nitrogen and oxygen atoms in total. The van der Waals surface area contributed by atoms with Crippen molar-refractivity contribution in [1.29, 1.82) is 0 Å². The number of hydrogen-bond acceptors (Lipinski definition) is 2. The van der Waals surface area contributed by atoms with Crippen molar-refractivity contribution in [1.82, 2.24) is 0 Å². The summed E-state index contributed by atoms with van der Waals surface area (Å²) >= 11 is -7.13. The first kappa shape index (κ1) is 38.4. The van der Waals surface area contributed by atoms with Gasteiger partial charge in [0.05, 0.1) is 0 Å². The van der Waals surface area contributed by atoms with Crippen LogP contribution in [0.4, 0.5) is 26.3 Å². The van der Waals surface area contributed by atoms with Crippen LogP contribution in [-0.4, -0.2) is 6.88 Å². The first-order valence-corrected chi connectivity index (χ1v) is 33.4. The molecule has 0 saturated carbocycles. The van der Waals surface area contributed by atoms with Gasteiger partial charge in [0.2, 0.25) is 0 Å². The zero-order chi connectivity index (χ0) is 38.3. The number of rotatable bonds is 8. The van der Waals surface area contributed by atoms with Gasteiger partial charge in [-0.1, -0.05) is 0 Å². The Hall–Kier alpha value is -3.36. The molecule has 0 spiro atoms. The van der Waals surface area contributed by atoms with Crippen LogP contribution in [0.25, 0.3) is 12.2 Å². The second kappa shape index (κ2) is 11.3. The average molecular weight is 816 g/mol. The summed E-state index contributed by atoms with van der Waals surface area (Å²) in [6.07, 6.45) is -4.88. The standard InChI is InChI=1S/2C13H15.2C7H5F3O.2CH3.H2Si.Zr/c2*1-9(2)11-4-5-12-6-10(3)7-13(12)8-11;2*8-7(9,10)5-1-3-6(11)4-2-5;;;;/h2*4-9H,1-3H3;2*1-4,11H;2*1H3;1H2;/q;;;;;;;+2/p-2. The summed E-state index contributed by atoms with van der Waals surface area (Å²) in [5.41, 5.74) is 6.38. The van der Waals surface area contributed by atoms with E-state index in [1.807, 2.05) is 23.1 Å². The average Bonchev–Trinajstić information content (AvgIpc) is 3.56. The predicted molar refractivity (Wildman–Crippen MR) is 198 cm³/mol. The SMILES string of the molecule is CC1=Cc2cc(C(C)C)ccc2[CH]1[Zr]([CH3])([CH3])(=[SiH2])([O]c1ccc(C(F)(F)F)cc1)([O]c1ccc(C(F)(F)F)cc1)[CH]1C(C)=Cc2cc(C(C)C)ccc21. The Morgan fingerprint density at radius 3 is 1.17 bits per heavy atom. The summed E-state index contributed by atoms with van der Waals surface area (Å²) < 4.78 is 101. The van der Waals surface area contributed by atoms with Gasteiger partial charge in [-0.25, -0.2) is 0 Å². The van der Waals surface area contributed by atoms with Gasteiger partial charge in [-0.15, -0.1) is 0 Å². The normalized spacial score (nSPS) is 19.6. The first-order valence-electron chi connectivity index (χ1n) is 17.7. The Morgan fingerprint density at radius 1 is 0.558 bits per heavy atom. The Bertz CT molecular complexity index is 2130. The quantitative estimate of drug-likeness (QED) is 0.130. The Labute approximate surface area is 299 Å². The third-order valence-corrected chi connectivity index (χ3v) is 39.1. The van der Waals surface area contributed by atoms with Gasteiger partial charge in [0, 0.05) is 0 Å². The van der Waals surface area contributed by atoms with Crippen LogP contribution in [0.3, 0.4) is 0 Å². The number of allylic oxidation sites excluding steroid dienone is 2. The third kappa shape index (κ3) is 6.06. The molecule has 6 rings (SSSR count). The van der Waals surface area contributed by atoms with Crippen molar-refractivity contribution in [2.45, 2.75) is 82.2 Å². The van der Waals surface area contributed by atoms with E-state index in [4.69, 9.17) is 5.63 Å². The van der Waals surface area contributed by atoms with E-state index in [-0.39, 0.29) is 23.3 Å². The second-order valence-electron chi connectivity index (χ2n) is 17.6. The fourth-order valence-electron chi connectivity index (χ4n) is 9.82. The van der Waals surface area contributed by atoms with Crippen molar-refractivity contribution in [3.63, 3.8) is 0 Å². The van der Waals surface area contributed by atoms with Crippen LogP contribution in [0.5, 0.6) is 11.5 Å². The number of benzene rings is 4. The molecule has 52 heavy (non-hydrogen) atoms. The van der Waals surface area contributed by atoms with Gasteiger partial charge in [0.15, 0.2) is 0 Å². The molecule has 0 N–H and O–H groups in total. The van der Waals surface area contributed by atoms with Gasteiger partial charge in [-0.2, -0.15) is 0 Å². The van der Waals surface area contributed by atoms with Gasteiger partial charge < -0.3 is 0 Å². The van der Waals surface area contributed by atoms with Gasteiger partial charge >= 0.3 is 301 Å². The molecule has 0 saturated heterocycles. The molecular weight excluding hydrogens is 770 g/mol. The van der Waals surface area contributed by atoms with Crippen molar-refractivity contribution in [2.75, 3.05) is 0 Å². The summed E-state index contributed by atoms with van der Waals surface area (Å²) in [7, 11) is 0. The van der Waals surface area contributed by atoms with E-state index >= 15 is 0 Å². The molecule has 2 unspecified atom stereocenters. The van der Waals surface area contributed by atoms with Crippen molar-refractivity contribution in [3.05, 3.63) is 141 Å². The molecule has 0 fully saturated rings. The zero-order valence-electron chi connectivity index (χ0n) is 30.8. The van der Waals surface area contributed by atoms with Crippen molar-refractivity contribution in [3.8, 4) is 11.5 Å². The van der Waals surface area contributed by atoms with E-state index in [9.17, 15) is 26.3 Å². The van der Waals surface area contributed by atoms with Gasteiger partial charge in [0.1, 0.15) is 0 Å². The molecule has 0 bridgehead atoms. The molecule has 2 aliphatic carbocycles. The van der Waals surface area contributed by atoms with Crippen LogP contribution in [0.2, 0.25) is 9.26 Å². The molecule has 4 aromatic rings. The van der Waals surface area contributed by atoms with Gasteiger partial charge in [-0.3, -0.25) is 0 Å². The van der Waals surface area contributed by atoms with E-state index in [1.165, 1.54) is 24.3 Å². The Morgan fingerprint density at radius 2 is 0.885 bits per heavy atom. The summed E-state index contributed by atoms with van der Waals surface area (Å²) in [5, 5.41) is 0. The molecule has 0 aromatic heterocycles. The molecule has 0 heterocycles. The van der Waals surface area contributed by atoms with E-state index in [2.05, 4.69) is 76.2 Å². The van der Waals surface area contributed by atoms with Crippen LogP contribution in [-0.2, 0) is 27.7 Å². The predicted octanol–water partition coefficient (Wildman–Crippen LogP) is 13.0. The minimum atomic E-state index is -7.13. The van der Waals surface area contributed by atoms with Crippen LogP contribution in [0.1, 0.15) is 105 Å². The van der Waals surface area contributed by atoms with E-state index in [0.717, 1.165) is 68.8 Å². The fraction of sp³-hybridized carbons (Fsp3) is 0.333. The Kier molecular flexibility index (Phi) is 8.36. The van der Waals surface area contributed by atoms with E-state index in [0.29, 0.717) is 0 Å². The van der Waals surface area contributed by atoms with Crippen molar-refractivity contribution < 1.29 is 47.3 Å². The monoisotopic (exact) mass is 814 g/mol. The van der Waals surface area contributed by atoms with E-state index in [1.54, 1.807) is 6.88 Å². The summed E-state index contributed by atoms with van der Waals surface area (Å²) in [6.45, 7) is 14.2. The topological polar surface area (TPSA) is 18.5 Å². The van der Waals surface area contributed by atoms with Crippen molar-refractivity contribution in [2.24, 2.45) is 0 Å². The first-order chi connectivity index (χ1) is 23.8. The summed E-state index contributed by atoms with van der Waals surface area (Å²) in [5.74, 6) is 0.869. The second-order valence-corrected chi connectivity index (χ2v) is 60.6. The maximum absolute atomic E-state index is 13.8. The third-order valence-electron chi connectivity index (χ3n) is 11.7. The molecule has 2 aliphatic rings. The van der Waals surface area contributed by atoms with Crippen molar-refractivity contribution >= 4 is 19.0 Å². The maximum atomic E-state index is 13.8. The molecule has 4 aromatic carbocycles. The minimum absolute atomic E-state index is 0.182.